The Labute approximate surface area is 144 Å². The van der Waals surface area contributed by atoms with Gasteiger partial charge in [0.15, 0.2) is 12.4 Å². The Hall–Kier alpha value is -3.09. The third-order valence-corrected chi connectivity index (χ3v) is 4.07. The summed E-state index contributed by atoms with van der Waals surface area (Å²) in [4.78, 5) is 18.2. The summed E-state index contributed by atoms with van der Waals surface area (Å²) >= 11 is 0. The summed E-state index contributed by atoms with van der Waals surface area (Å²) in [6.07, 6.45) is 3.68. The molecule has 25 heavy (non-hydrogen) atoms. The van der Waals surface area contributed by atoms with E-state index in [0.717, 1.165) is 31.5 Å². The van der Waals surface area contributed by atoms with Gasteiger partial charge in [0.2, 0.25) is 5.82 Å². The molecule has 0 bridgehead atoms. The molecule has 0 saturated carbocycles. The maximum Gasteiger partial charge on any atom is 0.293 e. The molecule has 3 heterocycles. The van der Waals surface area contributed by atoms with Crippen molar-refractivity contribution in [1.82, 2.24) is 15.0 Å². The maximum atomic E-state index is 12.1. The van der Waals surface area contributed by atoms with Crippen molar-refractivity contribution in [1.29, 1.82) is 0 Å². The normalized spacial score (nSPS) is 14.0. The first-order chi connectivity index (χ1) is 12.3. The Morgan fingerprint density at radius 3 is 2.88 bits per heavy atom. The molecule has 1 aliphatic rings. The van der Waals surface area contributed by atoms with Crippen LogP contribution in [0.25, 0.3) is 23.0 Å². The van der Waals surface area contributed by atoms with Crippen molar-refractivity contribution in [2.75, 3.05) is 19.7 Å². The summed E-state index contributed by atoms with van der Waals surface area (Å²) in [5, 5.41) is 3.96. The van der Waals surface area contributed by atoms with Crippen LogP contribution >= 0.6 is 0 Å². The van der Waals surface area contributed by atoms with E-state index >= 15 is 0 Å². The molecule has 0 atom stereocenters. The number of amides is 1. The minimum Gasteiger partial charge on any atom is -0.484 e. The molecular weight excluding hydrogens is 322 g/mol. The van der Waals surface area contributed by atoms with Crippen LogP contribution in [0.1, 0.15) is 12.8 Å². The van der Waals surface area contributed by atoms with E-state index < -0.39 is 0 Å². The molecule has 7 heteroatoms. The van der Waals surface area contributed by atoms with Crippen LogP contribution in [-0.2, 0) is 4.79 Å². The van der Waals surface area contributed by atoms with Crippen molar-refractivity contribution < 1.29 is 18.5 Å². The van der Waals surface area contributed by atoms with Gasteiger partial charge in [0, 0.05) is 18.7 Å². The second-order valence-electron chi connectivity index (χ2n) is 5.80. The average molecular weight is 339 g/mol. The molecule has 4 rings (SSSR count). The number of benzene rings is 1. The average Bonchev–Trinajstić information content (AvgIpc) is 3.41. The summed E-state index contributed by atoms with van der Waals surface area (Å²) in [6, 6.07) is 10.8. The van der Waals surface area contributed by atoms with E-state index in [0.29, 0.717) is 23.2 Å². The first-order valence-corrected chi connectivity index (χ1v) is 8.18. The number of aromatic nitrogens is 2. The first-order valence-electron chi connectivity index (χ1n) is 8.18. The van der Waals surface area contributed by atoms with Gasteiger partial charge in [-0.3, -0.25) is 4.79 Å². The molecule has 3 aromatic rings. The molecule has 1 aliphatic heterocycles. The summed E-state index contributed by atoms with van der Waals surface area (Å²) in [5.74, 6) is 1.87. The molecule has 1 amide bonds. The topological polar surface area (TPSA) is 81.6 Å². The summed E-state index contributed by atoms with van der Waals surface area (Å²) in [7, 11) is 0. The maximum absolute atomic E-state index is 12.1. The van der Waals surface area contributed by atoms with E-state index in [9.17, 15) is 4.79 Å². The summed E-state index contributed by atoms with van der Waals surface area (Å²) in [5.41, 5.74) is 0.743. The van der Waals surface area contributed by atoms with Crippen molar-refractivity contribution >= 4 is 5.91 Å². The predicted octanol–water partition coefficient (Wildman–Crippen LogP) is 3.00. The van der Waals surface area contributed by atoms with Crippen LogP contribution in [-0.4, -0.2) is 40.6 Å². The van der Waals surface area contributed by atoms with Crippen LogP contribution in [0, 0.1) is 0 Å². The second kappa shape index (κ2) is 6.80. The highest BCUT2D eigenvalue weighted by Gasteiger charge is 2.18. The summed E-state index contributed by atoms with van der Waals surface area (Å²) in [6.45, 7) is 1.68. The van der Waals surface area contributed by atoms with Gasteiger partial charge in [-0.2, -0.15) is 4.98 Å². The number of hydrogen-bond acceptors (Lipinski definition) is 6. The summed E-state index contributed by atoms with van der Waals surface area (Å²) < 4.78 is 16.1. The van der Waals surface area contributed by atoms with E-state index in [-0.39, 0.29) is 12.5 Å². The number of furan rings is 1. The molecule has 1 fully saturated rings. The Balaban J connectivity index is 1.45. The number of nitrogens with zero attached hydrogens (tertiary/aromatic N) is 3. The van der Waals surface area contributed by atoms with E-state index in [2.05, 4.69) is 10.1 Å². The van der Waals surface area contributed by atoms with Crippen LogP contribution < -0.4 is 4.74 Å². The largest absolute Gasteiger partial charge is 0.484 e. The molecule has 1 saturated heterocycles. The lowest BCUT2D eigenvalue weighted by atomic mass is 10.2. The van der Waals surface area contributed by atoms with Gasteiger partial charge in [-0.25, -0.2) is 0 Å². The van der Waals surface area contributed by atoms with Gasteiger partial charge < -0.3 is 18.6 Å². The molecule has 0 N–H and O–H groups in total. The lowest BCUT2D eigenvalue weighted by molar-refractivity contribution is -0.132. The van der Waals surface area contributed by atoms with Crippen molar-refractivity contribution in [3.05, 3.63) is 42.7 Å². The Morgan fingerprint density at radius 2 is 2.08 bits per heavy atom. The predicted molar refractivity (Wildman–Crippen MR) is 88.7 cm³/mol. The van der Waals surface area contributed by atoms with Gasteiger partial charge in [0.05, 0.1) is 6.26 Å². The minimum atomic E-state index is 0.0163. The number of likely N-dealkylation sites (tertiary alicyclic amines) is 1. The zero-order valence-electron chi connectivity index (χ0n) is 13.6. The van der Waals surface area contributed by atoms with Crippen molar-refractivity contribution in [3.63, 3.8) is 0 Å². The van der Waals surface area contributed by atoms with Gasteiger partial charge in [-0.1, -0.05) is 17.3 Å². The quantitative estimate of drug-likeness (QED) is 0.711. The number of hydrogen-bond donors (Lipinski definition) is 0. The van der Waals surface area contributed by atoms with E-state index in [1.165, 1.54) is 0 Å². The van der Waals surface area contributed by atoms with Gasteiger partial charge in [0.1, 0.15) is 5.75 Å². The molecule has 0 unspecified atom stereocenters. The van der Waals surface area contributed by atoms with Crippen LogP contribution in [0.5, 0.6) is 5.75 Å². The van der Waals surface area contributed by atoms with Crippen LogP contribution in [0.15, 0.2) is 51.6 Å². The molecule has 1 aromatic carbocycles. The van der Waals surface area contributed by atoms with Crippen LogP contribution in [0.4, 0.5) is 0 Å². The molecular formula is C18H17N3O4. The molecule has 0 radical (unpaired) electrons. The third-order valence-electron chi connectivity index (χ3n) is 4.07. The lowest BCUT2D eigenvalue weighted by Crippen LogP contribution is -2.32. The fraction of sp³-hybridized carbons (Fsp3) is 0.278. The highest BCUT2D eigenvalue weighted by atomic mass is 16.5. The molecule has 2 aromatic heterocycles. The van der Waals surface area contributed by atoms with Gasteiger partial charge in [0.25, 0.3) is 11.8 Å². The standard InChI is InChI=1S/C18H17N3O4/c22-16(21-8-1-2-9-21)12-24-14-6-3-5-13(11-14)17-19-18(25-20-17)15-7-4-10-23-15/h3-7,10-11H,1-2,8-9,12H2. The SMILES string of the molecule is O=C(COc1cccc(-c2noc(-c3ccco3)n2)c1)N1CCCC1. The van der Waals surface area contributed by atoms with Gasteiger partial charge >= 0.3 is 0 Å². The lowest BCUT2D eigenvalue weighted by Gasteiger charge is -2.15. The zero-order valence-corrected chi connectivity index (χ0v) is 13.6. The highest BCUT2D eigenvalue weighted by molar-refractivity contribution is 5.78. The van der Waals surface area contributed by atoms with E-state index in [1.807, 2.05) is 17.0 Å². The molecule has 0 aliphatic carbocycles. The van der Waals surface area contributed by atoms with Crippen LogP contribution in [0.3, 0.4) is 0 Å². The van der Waals surface area contributed by atoms with E-state index in [1.54, 1.807) is 30.5 Å². The molecule has 0 spiro atoms. The Morgan fingerprint density at radius 1 is 1.20 bits per heavy atom. The van der Waals surface area contributed by atoms with Gasteiger partial charge in [-0.15, -0.1) is 0 Å². The fourth-order valence-corrected chi connectivity index (χ4v) is 2.77. The van der Waals surface area contributed by atoms with Crippen LogP contribution in [0.2, 0.25) is 0 Å². The fourth-order valence-electron chi connectivity index (χ4n) is 2.77. The molecule has 7 nitrogen and oxygen atoms in total. The Kier molecular flexibility index (Phi) is 4.20. The second-order valence-corrected chi connectivity index (χ2v) is 5.80. The van der Waals surface area contributed by atoms with E-state index in [4.69, 9.17) is 13.7 Å². The van der Waals surface area contributed by atoms with Crippen molar-refractivity contribution in [2.45, 2.75) is 12.8 Å². The first kappa shape index (κ1) is 15.4. The number of rotatable bonds is 5. The van der Waals surface area contributed by atoms with Gasteiger partial charge in [-0.05, 0) is 37.1 Å². The molecule has 128 valence electrons. The third kappa shape index (κ3) is 3.40. The zero-order chi connectivity index (χ0) is 17.1. The number of carbonyl (C=O) groups excluding carboxylic acids is 1. The van der Waals surface area contributed by atoms with Crippen molar-refractivity contribution in [2.24, 2.45) is 0 Å². The van der Waals surface area contributed by atoms with Crippen molar-refractivity contribution in [3.8, 4) is 28.8 Å². The number of carbonyl (C=O) groups is 1. The number of ether oxygens (including phenoxy) is 1. The highest BCUT2D eigenvalue weighted by Crippen LogP contribution is 2.25. The minimum absolute atomic E-state index is 0.0163. The Bertz CT molecular complexity index is 851. The monoisotopic (exact) mass is 339 g/mol. The smallest absolute Gasteiger partial charge is 0.293 e.